The second kappa shape index (κ2) is 8.62. The number of hydrogen-bond donors (Lipinski definition) is 2. The first-order valence-corrected chi connectivity index (χ1v) is 7.92. The molecule has 0 aliphatic rings. The van der Waals surface area contributed by atoms with Gasteiger partial charge in [0.2, 0.25) is 5.91 Å². The number of benzene rings is 1. The summed E-state index contributed by atoms with van der Waals surface area (Å²) in [6.07, 6.45) is 2.71. The Kier molecular flexibility index (Phi) is 7.50. The van der Waals surface area contributed by atoms with Crippen molar-refractivity contribution in [3.8, 4) is 0 Å². The summed E-state index contributed by atoms with van der Waals surface area (Å²) in [7, 11) is 0. The first-order valence-electron chi connectivity index (χ1n) is 7.16. The van der Waals surface area contributed by atoms with E-state index in [-0.39, 0.29) is 17.9 Å². The molecule has 0 spiro atoms. The number of aliphatic hydroxyl groups excluding tert-OH is 1. The molecule has 2 N–H and O–H groups in total. The van der Waals surface area contributed by atoms with Crippen molar-refractivity contribution in [1.82, 2.24) is 5.32 Å². The summed E-state index contributed by atoms with van der Waals surface area (Å²) in [5.74, 6) is 0.00727. The summed E-state index contributed by atoms with van der Waals surface area (Å²) in [4.78, 5) is 11.8. The van der Waals surface area contributed by atoms with Gasteiger partial charge in [-0.15, -0.1) is 0 Å². The van der Waals surface area contributed by atoms with E-state index < -0.39 is 0 Å². The summed E-state index contributed by atoms with van der Waals surface area (Å²) >= 11 is 12.0. The highest BCUT2D eigenvalue weighted by Gasteiger charge is 2.15. The molecule has 1 aromatic carbocycles. The Morgan fingerprint density at radius 3 is 2.71 bits per heavy atom. The monoisotopic (exact) mass is 331 g/mol. The average molecular weight is 332 g/mol. The van der Waals surface area contributed by atoms with Crippen LogP contribution in [0.2, 0.25) is 10.0 Å². The Morgan fingerprint density at radius 2 is 2.05 bits per heavy atom. The van der Waals surface area contributed by atoms with E-state index >= 15 is 0 Å². The summed E-state index contributed by atoms with van der Waals surface area (Å²) in [6.45, 7) is 4.81. The maximum absolute atomic E-state index is 11.8. The van der Waals surface area contributed by atoms with Gasteiger partial charge in [-0.2, -0.15) is 0 Å². The minimum absolute atomic E-state index is 0.00727. The molecule has 1 aromatic rings. The molecule has 1 rings (SSSR count). The van der Waals surface area contributed by atoms with Crippen molar-refractivity contribution < 1.29 is 9.90 Å². The van der Waals surface area contributed by atoms with E-state index in [0.29, 0.717) is 29.4 Å². The Balaban J connectivity index is 2.27. The molecule has 0 heterocycles. The minimum atomic E-state index is -0.0843. The summed E-state index contributed by atoms with van der Waals surface area (Å²) in [5, 5.41) is 13.1. The van der Waals surface area contributed by atoms with Gasteiger partial charge in [0.25, 0.3) is 0 Å². The van der Waals surface area contributed by atoms with Crippen molar-refractivity contribution in [3.63, 3.8) is 0 Å². The van der Waals surface area contributed by atoms with Gasteiger partial charge >= 0.3 is 0 Å². The zero-order chi connectivity index (χ0) is 15.9. The standard InChI is InChI=1S/C16H23Cl2NO2/c1-16(2,11-20)9-4-10-19-14(21)8-7-12-5-3-6-13(17)15(12)18/h3,5-6,20H,4,7-11H2,1-2H3,(H,19,21). The van der Waals surface area contributed by atoms with Crippen LogP contribution >= 0.6 is 23.2 Å². The molecule has 0 fully saturated rings. The number of carbonyl (C=O) groups excluding carboxylic acids is 1. The van der Waals surface area contributed by atoms with Gasteiger partial charge in [0.05, 0.1) is 10.0 Å². The fourth-order valence-corrected chi connectivity index (χ4v) is 2.37. The van der Waals surface area contributed by atoms with Crippen LogP contribution in [0.15, 0.2) is 18.2 Å². The highest BCUT2D eigenvalue weighted by molar-refractivity contribution is 6.42. The Morgan fingerprint density at radius 1 is 1.33 bits per heavy atom. The molecule has 118 valence electrons. The molecule has 0 radical (unpaired) electrons. The molecule has 0 atom stereocenters. The van der Waals surface area contributed by atoms with Gasteiger partial charge in [-0.3, -0.25) is 4.79 Å². The third-order valence-corrected chi connectivity index (χ3v) is 4.29. The van der Waals surface area contributed by atoms with Crippen molar-refractivity contribution in [2.24, 2.45) is 5.41 Å². The largest absolute Gasteiger partial charge is 0.396 e. The molecule has 0 aliphatic carbocycles. The lowest BCUT2D eigenvalue weighted by atomic mass is 9.89. The van der Waals surface area contributed by atoms with E-state index in [4.69, 9.17) is 28.3 Å². The first kappa shape index (κ1) is 18.3. The van der Waals surface area contributed by atoms with Crippen molar-refractivity contribution in [1.29, 1.82) is 0 Å². The Labute approximate surface area is 136 Å². The fraction of sp³-hybridized carbons (Fsp3) is 0.562. The molecule has 0 saturated carbocycles. The smallest absolute Gasteiger partial charge is 0.220 e. The summed E-state index contributed by atoms with van der Waals surface area (Å²) < 4.78 is 0. The van der Waals surface area contributed by atoms with E-state index in [9.17, 15) is 4.79 Å². The van der Waals surface area contributed by atoms with Gasteiger partial charge in [0, 0.05) is 19.6 Å². The molecule has 0 aliphatic heterocycles. The second-order valence-corrected chi connectivity index (χ2v) is 6.77. The van der Waals surface area contributed by atoms with Crippen LogP contribution in [0.1, 0.15) is 38.7 Å². The number of nitrogens with one attached hydrogen (secondary N) is 1. The van der Waals surface area contributed by atoms with E-state index in [1.54, 1.807) is 6.07 Å². The van der Waals surface area contributed by atoms with E-state index in [1.165, 1.54) is 0 Å². The third kappa shape index (κ3) is 6.68. The van der Waals surface area contributed by atoms with Gasteiger partial charge in [0.15, 0.2) is 0 Å². The number of aliphatic hydroxyl groups is 1. The Bertz CT molecular complexity index is 475. The van der Waals surface area contributed by atoms with Gasteiger partial charge in [-0.1, -0.05) is 49.2 Å². The highest BCUT2D eigenvalue weighted by atomic mass is 35.5. The highest BCUT2D eigenvalue weighted by Crippen LogP contribution is 2.26. The van der Waals surface area contributed by atoms with Gasteiger partial charge in [-0.25, -0.2) is 0 Å². The molecule has 0 bridgehead atoms. The lowest BCUT2D eigenvalue weighted by Gasteiger charge is -2.21. The van der Waals surface area contributed by atoms with Crippen molar-refractivity contribution >= 4 is 29.1 Å². The Hall–Kier alpha value is -0.770. The molecular formula is C16H23Cl2NO2. The number of halogens is 2. The van der Waals surface area contributed by atoms with E-state index in [0.717, 1.165) is 18.4 Å². The van der Waals surface area contributed by atoms with Crippen LogP contribution in [-0.2, 0) is 11.2 Å². The lowest BCUT2D eigenvalue weighted by Crippen LogP contribution is -2.26. The molecule has 5 heteroatoms. The van der Waals surface area contributed by atoms with Crippen molar-refractivity contribution in [2.45, 2.75) is 39.5 Å². The molecule has 3 nitrogen and oxygen atoms in total. The predicted octanol–water partition coefficient (Wildman–Crippen LogP) is 3.84. The van der Waals surface area contributed by atoms with Crippen LogP contribution in [0.5, 0.6) is 0 Å². The van der Waals surface area contributed by atoms with Crippen molar-refractivity contribution in [2.75, 3.05) is 13.2 Å². The molecule has 21 heavy (non-hydrogen) atoms. The number of amides is 1. The summed E-state index contributed by atoms with van der Waals surface area (Å²) in [6, 6.07) is 5.44. The topological polar surface area (TPSA) is 49.3 Å². The normalized spacial score (nSPS) is 11.5. The van der Waals surface area contributed by atoms with Crippen LogP contribution in [0.4, 0.5) is 0 Å². The van der Waals surface area contributed by atoms with Gasteiger partial charge in [0.1, 0.15) is 0 Å². The molecule has 0 saturated heterocycles. The SMILES string of the molecule is CC(C)(CO)CCCNC(=O)CCc1cccc(Cl)c1Cl. The average Bonchev–Trinajstić information content (AvgIpc) is 2.45. The van der Waals surface area contributed by atoms with Crippen LogP contribution in [-0.4, -0.2) is 24.2 Å². The second-order valence-electron chi connectivity index (χ2n) is 5.99. The number of rotatable bonds is 8. The number of aryl methyl sites for hydroxylation is 1. The van der Waals surface area contributed by atoms with Gasteiger partial charge in [-0.05, 0) is 36.3 Å². The van der Waals surface area contributed by atoms with Gasteiger partial charge < -0.3 is 10.4 Å². The number of hydrogen-bond acceptors (Lipinski definition) is 2. The molecular weight excluding hydrogens is 309 g/mol. The van der Waals surface area contributed by atoms with Crippen LogP contribution in [0.25, 0.3) is 0 Å². The molecule has 0 aromatic heterocycles. The minimum Gasteiger partial charge on any atom is -0.396 e. The number of carbonyl (C=O) groups is 1. The van der Waals surface area contributed by atoms with E-state index in [1.807, 2.05) is 26.0 Å². The van der Waals surface area contributed by atoms with Crippen LogP contribution in [0.3, 0.4) is 0 Å². The van der Waals surface area contributed by atoms with Crippen LogP contribution in [0, 0.1) is 5.41 Å². The third-order valence-electron chi connectivity index (χ3n) is 3.43. The lowest BCUT2D eigenvalue weighted by molar-refractivity contribution is -0.121. The van der Waals surface area contributed by atoms with Crippen LogP contribution < -0.4 is 5.32 Å². The summed E-state index contributed by atoms with van der Waals surface area (Å²) in [5.41, 5.74) is 0.805. The quantitative estimate of drug-likeness (QED) is 0.711. The zero-order valence-electron chi connectivity index (χ0n) is 12.6. The maximum Gasteiger partial charge on any atom is 0.220 e. The van der Waals surface area contributed by atoms with Crippen molar-refractivity contribution in [3.05, 3.63) is 33.8 Å². The first-order chi connectivity index (χ1) is 9.85. The van der Waals surface area contributed by atoms with E-state index in [2.05, 4.69) is 5.32 Å². The molecule has 0 unspecified atom stereocenters. The zero-order valence-corrected chi connectivity index (χ0v) is 14.1. The fourth-order valence-electron chi connectivity index (χ4n) is 1.95. The predicted molar refractivity (Wildman–Crippen MR) is 87.9 cm³/mol. The maximum atomic E-state index is 11.8. The molecule has 1 amide bonds.